The molecule has 0 N–H and O–H groups in total. The van der Waals surface area contributed by atoms with Gasteiger partial charge in [0.2, 0.25) is 0 Å². The van der Waals surface area contributed by atoms with Crippen LogP contribution < -0.4 is 0 Å². The summed E-state index contributed by atoms with van der Waals surface area (Å²) in [5.41, 5.74) is 1.77. The van der Waals surface area contributed by atoms with Gasteiger partial charge in [0, 0.05) is 20.1 Å². The average Bonchev–Trinajstić information content (AvgIpc) is 3.02. The molecule has 0 bridgehead atoms. The molecule has 0 spiro atoms. The predicted molar refractivity (Wildman–Crippen MR) is 113 cm³/mol. The standard InChI is InChI=1S/C25H37NO4/c1-16(27)30-23-14-25(3)18(13-22(23)29-15-28-4)5-7-19-20-8-6-17(10-12-26)24(20,2)11-9-21(19)25/h10,18-23H,5-9,11,13-15H2,1-4H3/b17-10-/t18-,19-,20-,21-,22-,23-,24+,25-/m0/s1. The smallest absolute Gasteiger partial charge is 0.302 e. The molecule has 5 heteroatoms. The molecule has 4 aliphatic rings. The Balaban J connectivity index is 1.58. The first-order valence-corrected chi connectivity index (χ1v) is 11.7. The van der Waals surface area contributed by atoms with Crippen LogP contribution in [0, 0.1) is 45.8 Å². The third kappa shape index (κ3) is 3.50. The zero-order valence-corrected chi connectivity index (χ0v) is 19.0. The van der Waals surface area contributed by atoms with Crippen molar-refractivity contribution in [1.82, 2.24) is 0 Å². The lowest BCUT2D eigenvalue weighted by atomic mass is 9.44. The van der Waals surface area contributed by atoms with Crippen LogP contribution in [-0.2, 0) is 19.0 Å². The van der Waals surface area contributed by atoms with E-state index in [1.807, 2.05) is 6.08 Å². The van der Waals surface area contributed by atoms with Gasteiger partial charge in [0.25, 0.3) is 0 Å². The summed E-state index contributed by atoms with van der Waals surface area (Å²) in [5.74, 6) is 2.44. The van der Waals surface area contributed by atoms with Crippen molar-refractivity contribution in [3.05, 3.63) is 11.6 Å². The van der Waals surface area contributed by atoms with E-state index in [1.165, 1.54) is 44.6 Å². The zero-order valence-electron chi connectivity index (χ0n) is 19.0. The minimum Gasteiger partial charge on any atom is -0.460 e. The van der Waals surface area contributed by atoms with Crippen LogP contribution in [-0.4, -0.2) is 32.1 Å². The highest BCUT2D eigenvalue weighted by molar-refractivity contribution is 5.66. The largest absolute Gasteiger partial charge is 0.460 e. The fourth-order valence-electron chi connectivity index (χ4n) is 8.06. The minimum atomic E-state index is -0.223. The van der Waals surface area contributed by atoms with Crippen molar-refractivity contribution in [3.8, 4) is 6.07 Å². The van der Waals surface area contributed by atoms with E-state index >= 15 is 0 Å². The van der Waals surface area contributed by atoms with Crippen LogP contribution in [0.4, 0.5) is 0 Å². The molecule has 0 aromatic rings. The Morgan fingerprint density at radius 1 is 1.20 bits per heavy atom. The summed E-state index contributed by atoms with van der Waals surface area (Å²) in [6.07, 6.45) is 10.6. The molecule has 4 aliphatic carbocycles. The van der Waals surface area contributed by atoms with Gasteiger partial charge in [0.1, 0.15) is 12.9 Å². The van der Waals surface area contributed by atoms with Crippen molar-refractivity contribution < 1.29 is 19.0 Å². The molecule has 4 rings (SSSR count). The van der Waals surface area contributed by atoms with Gasteiger partial charge >= 0.3 is 5.97 Å². The first kappa shape index (κ1) is 21.8. The van der Waals surface area contributed by atoms with Gasteiger partial charge < -0.3 is 14.2 Å². The van der Waals surface area contributed by atoms with Crippen molar-refractivity contribution in [2.45, 2.75) is 84.3 Å². The zero-order chi connectivity index (χ0) is 21.5. The third-order valence-corrected chi connectivity index (χ3v) is 9.44. The van der Waals surface area contributed by atoms with Crippen molar-refractivity contribution in [2.75, 3.05) is 13.9 Å². The maximum Gasteiger partial charge on any atom is 0.302 e. The molecule has 0 aromatic carbocycles. The molecular weight excluding hydrogens is 378 g/mol. The van der Waals surface area contributed by atoms with Crippen LogP contribution in [0.15, 0.2) is 11.6 Å². The van der Waals surface area contributed by atoms with Crippen LogP contribution in [0.1, 0.15) is 72.1 Å². The SMILES string of the molecule is COCO[C@H]1C[C@@H]2CC[C@@H]3[C@H](CC[C@]4(C)/C(=C\C#N)CC[C@@H]34)[C@@]2(C)C[C@@H]1OC(C)=O. The first-order chi connectivity index (χ1) is 14.3. The summed E-state index contributed by atoms with van der Waals surface area (Å²) < 4.78 is 16.9. The number of hydrogen-bond donors (Lipinski definition) is 0. The summed E-state index contributed by atoms with van der Waals surface area (Å²) in [7, 11) is 1.63. The molecule has 4 fully saturated rings. The van der Waals surface area contributed by atoms with Crippen LogP contribution in [0.25, 0.3) is 0 Å². The molecule has 0 radical (unpaired) electrons. The van der Waals surface area contributed by atoms with Crippen LogP contribution in [0.2, 0.25) is 0 Å². The lowest BCUT2D eigenvalue weighted by Crippen LogP contribution is -2.57. The quantitative estimate of drug-likeness (QED) is 0.367. The van der Waals surface area contributed by atoms with Crippen LogP contribution >= 0.6 is 0 Å². The maximum atomic E-state index is 11.8. The molecule has 0 aliphatic heterocycles. The third-order valence-electron chi connectivity index (χ3n) is 9.44. The van der Waals surface area contributed by atoms with Gasteiger partial charge in [-0.3, -0.25) is 4.79 Å². The number of carbonyl (C=O) groups excluding carboxylic acids is 1. The van der Waals surface area contributed by atoms with Crippen LogP contribution in [0.5, 0.6) is 0 Å². The Morgan fingerprint density at radius 2 is 2.00 bits per heavy atom. The van der Waals surface area contributed by atoms with Gasteiger partial charge in [-0.25, -0.2) is 0 Å². The summed E-state index contributed by atoms with van der Waals surface area (Å²) in [6.45, 7) is 6.61. The van der Waals surface area contributed by atoms with E-state index in [0.29, 0.717) is 23.7 Å². The summed E-state index contributed by atoms with van der Waals surface area (Å²) in [4.78, 5) is 11.8. The molecular formula is C25H37NO4. The molecule has 30 heavy (non-hydrogen) atoms. The average molecular weight is 416 g/mol. The van der Waals surface area contributed by atoms with Gasteiger partial charge in [-0.05, 0) is 85.9 Å². The van der Waals surface area contributed by atoms with E-state index in [0.717, 1.165) is 19.3 Å². The van der Waals surface area contributed by atoms with Gasteiger partial charge in [0.05, 0.1) is 12.2 Å². The molecule has 5 nitrogen and oxygen atoms in total. The number of esters is 1. The Morgan fingerprint density at radius 3 is 2.70 bits per heavy atom. The Hall–Kier alpha value is -1.38. The number of rotatable bonds is 4. The van der Waals surface area contributed by atoms with Crippen LogP contribution in [0.3, 0.4) is 0 Å². The van der Waals surface area contributed by atoms with E-state index in [9.17, 15) is 10.1 Å². The maximum absolute atomic E-state index is 11.8. The Kier molecular flexibility index (Phi) is 6.03. The molecule has 0 aromatic heterocycles. The molecule has 8 atom stereocenters. The number of methoxy groups -OCH3 is 1. The molecule has 0 saturated heterocycles. The highest BCUT2D eigenvalue weighted by atomic mass is 16.7. The molecule has 0 heterocycles. The second kappa shape index (κ2) is 8.28. The number of nitrogens with zero attached hydrogens (tertiary/aromatic N) is 1. The lowest BCUT2D eigenvalue weighted by molar-refractivity contribution is -0.202. The summed E-state index contributed by atoms with van der Waals surface area (Å²) in [6, 6.07) is 2.30. The van der Waals surface area contributed by atoms with E-state index in [4.69, 9.17) is 14.2 Å². The Labute approximate surface area is 181 Å². The Bertz CT molecular complexity index is 742. The van der Waals surface area contributed by atoms with Gasteiger partial charge in [-0.1, -0.05) is 19.4 Å². The van der Waals surface area contributed by atoms with E-state index < -0.39 is 0 Å². The van der Waals surface area contributed by atoms with E-state index in [1.54, 1.807) is 7.11 Å². The van der Waals surface area contributed by atoms with Gasteiger partial charge in [-0.2, -0.15) is 5.26 Å². The fourth-order valence-corrected chi connectivity index (χ4v) is 8.06. The van der Waals surface area contributed by atoms with Crippen molar-refractivity contribution in [2.24, 2.45) is 34.5 Å². The normalized spacial score (nSPS) is 46.4. The number of nitriles is 1. The monoisotopic (exact) mass is 415 g/mol. The molecule has 166 valence electrons. The summed E-state index contributed by atoms with van der Waals surface area (Å²) in [5, 5.41) is 9.26. The number of carbonyl (C=O) groups is 1. The minimum absolute atomic E-state index is 0.0750. The van der Waals surface area contributed by atoms with Crippen molar-refractivity contribution in [1.29, 1.82) is 5.26 Å². The van der Waals surface area contributed by atoms with Gasteiger partial charge in [-0.15, -0.1) is 0 Å². The number of allylic oxidation sites excluding steroid dienone is 2. The molecule has 0 amide bonds. The van der Waals surface area contributed by atoms with Crippen molar-refractivity contribution in [3.63, 3.8) is 0 Å². The number of fused-ring (bicyclic) bond motifs is 5. The highest BCUT2D eigenvalue weighted by Crippen LogP contribution is 2.67. The van der Waals surface area contributed by atoms with Gasteiger partial charge in [0.15, 0.2) is 0 Å². The summed E-state index contributed by atoms with van der Waals surface area (Å²) >= 11 is 0. The second-order valence-electron chi connectivity index (χ2n) is 10.6. The molecule has 0 unspecified atom stereocenters. The van der Waals surface area contributed by atoms with E-state index in [-0.39, 0.29) is 35.8 Å². The molecule has 4 saturated carbocycles. The highest BCUT2D eigenvalue weighted by Gasteiger charge is 2.60. The first-order valence-electron chi connectivity index (χ1n) is 11.7. The fraction of sp³-hybridized carbons (Fsp3) is 0.840. The second-order valence-corrected chi connectivity index (χ2v) is 10.6. The number of hydrogen-bond acceptors (Lipinski definition) is 5. The lowest BCUT2D eigenvalue weighted by Gasteiger charge is -2.61. The van der Waals surface area contributed by atoms with Crippen molar-refractivity contribution >= 4 is 5.97 Å². The van der Waals surface area contributed by atoms with E-state index in [2.05, 4.69) is 19.9 Å². The topological polar surface area (TPSA) is 68.6 Å². The number of ether oxygens (including phenoxy) is 3. The predicted octanol–water partition coefficient (Wildman–Crippen LogP) is 5.01.